The van der Waals surface area contributed by atoms with Crippen LogP contribution in [0.3, 0.4) is 0 Å². The summed E-state index contributed by atoms with van der Waals surface area (Å²) in [6, 6.07) is 6.65. The Kier molecular flexibility index (Phi) is 4.71. The molecule has 0 bridgehead atoms. The molecule has 2 aromatic carbocycles. The van der Waals surface area contributed by atoms with Crippen LogP contribution in [0.5, 0.6) is 0 Å². The zero-order valence-electron chi connectivity index (χ0n) is 14.6. The summed E-state index contributed by atoms with van der Waals surface area (Å²) in [7, 11) is 0. The van der Waals surface area contributed by atoms with Crippen molar-refractivity contribution in [1.82, 2.24) is 5.01 Å². The third-order valence-electron chi connectivity index (χ3n) is 4.45. The first-order valence-electron chi connectivity index (χ1n) is 8.41. The van der Waals surface area contributed by atoms with E-state index in [1.54, 1.807) is 0 Å². The van der Waals surface area contributed by atoms with Crippen LogP contribution in [0.15, 0.2) is 52.8 Å². The normalized spacial score (nSPS) is 20.4. The van der Waals surface area contributed by atoms with Gasteiger partial charge in [-0.05, 0) is 36.4 Å². The first-order chi connectivity index (χ1) is 13.8. The van der Waals surface area contributed by atoms with Crippen LogP contribution in [0, 0.1) is 11.6 Å². The molecule has 2 atom stereocenters. The highest BCUT2D eigenvalue weighted by atomic mass is 35.5. The number of rotatable bonds is 4. The van der Waals surface area contributed by atoms with Gasteiger partial charge in [-0.25, -0.2) is 13.7 Å². The quantitative estimate of drug-likeness (QED) is 0.770. The van der Waals surface area contributed by atoms with Crippen LogP contribution < -0.4 is 10.2 Å². The lowest BCUT2D eigenvalue weighted by Crippen LogP contribution is -2.43. The van der Waals surface area contributed by atoms with E-state index >= 15 is 0 Å². The minimum Gasteiger partial charge on any atom is -0.322 e. The monoisotopic (exact) mass is 419 g/mol. The van der Waals surface area contributed by atoms with Crippen molar-refractivity contribution in [3.8, 4) is 0 Å². The second-order valence-electron chi connectivity index (χ2n) is 6.35. The van der Waals surface area contributed by atoms with Crippen molar-refractivity contribution in [2.45, 2.75) is 12.1 Å². The molecule has 2 unspecified atom stereocenters. The minimum atomic E-state index is -1.08. The smallest absolute Gasteiger partial charge is 0.263 e. The van der Waals surface area contributed by atoms with Crippen LogP contribution in [0.25, 0.3) is 0 Å². The number of nitrogens with zero attached hydrogens (tertiary/aromatic N) is 4. The number of fused-ring (bicyclic) bond motifs is 1. The SMILES string of the molecule is O=C(CN1N=NC2C(=O)N(c3ccc(Cl)cc3)C(=O)C21)Nc1ccc(F)cc1F. The lowest BCUT2D eigenvalue weighted by atomic mass is 10.1. The van der Waals surface area contributed by atoms with E-state index in [1.165, 1.54) is 24.3 Å². The molecule has 2 aliphatic rings. The molecule has 148 valence electrons. The maximum absolute atomic E-state index is 13.7. The number of hydrogen-bond donors (Lipinski definition) is 1. The third-order valence-corrected chi connectivity index (χ3v) is 4.71. The summed E-state index contributed by atoms with van der Waals surface area (Å²) in [5, 5.41) is 11.3. The van der Waals surface area contributed by atoms with Crippen molar-refractivity contribution < 1.29 is 23.2 Å². The van der Waals surface area contributed by atoms with Gasteiger partial charge in [-0.1, -0.05) is 16.8 Å². The molecule has 0 spiro atoms. The molecule has 1 saturated heterocycles. The molecule has 3 amide bonds. The van der Waals surface area contributed by atoms with E-state index in [-0.39, 0.29) is 5.69 Å². The Morgan fingerprint density at radius 3 is 2.52 bits per heavy atom. The van der Waals surface area contributed by atoms with Crippen LogP contribution in [0.2, 0.25) is 5.02 Å². The summed E-state index contributed by atoms with van der Waals surface area (Å²) in [5.41, 5.74) is 0.104. The van der Waals surface area contributed by atoms with Crippen molar-refractivity contribution >= 4 is 40.7 Å². The molecular weight excluding hydrogens is 408 g/mol. The Hall–Kier alpha value is -3.40. The number of hydrogen-bond acceptors (Lipinski definition) is 6. The molecule has 4 rings (SSSR count). The molecule has 2 aromatic rings. The third kappa shape index (κ3) is 3.42. The molecule has 1 N–H and O–H groups in total. The van der Waals surface area contributed by atoms with Gasteiger partial charge in [0, 0.05) is 11.1 Å². The molecule has 29 heavy (non-hydrogen) atoms. The van der Waals surface area contributed by atoms with Gasteiger partial charge in [-0.3, -0.25) is 19.4 Å². The highest BCUT2D eigenvalue weighted by Crippen LogP contribution is 2.32. The van der Waals surface area contributed by atoms with Crippen LogP contribution in [-0.4, -0.2) is 41.4 Å². The van der Waals surface area contributed by atoms with Gasteiger partial charge >= 0.3 is 0 Å². The zero-order valence-corrected chi connectivity index (χ0v) is 15.3. The van der Waals surface area contributed by atoms with Gasteiger partial charge in [0.15, 0.2) is 12.1 Å². The molecule has 11 heteroatoms. The van der Waals surface area contributed by atoms with Crippen molar-refractivity contribution in [3.63, 3.8) is 0 Å². The fourth-order valence-corrected chi connectivity index (χ4v) is 3.25. The fraction of sp³-hybridized carbons (Fsp3) is 0.167. The Morgan fingerprint density at radius 2 is 1.83 bits per heavy atom. The first kappa shape index (κ1) is 18.9. The van der Waals surface area contributed by atoms with Crippen LogP contribution >= 0.6 is 11.6 Å². The van der Waals surface area contributed by atoms with E-state index in [1.807, 2.05) is 0 Å². The number of imide groups is 1. The Balaban J connectivity index is 1.49. The maximum atomic E-state index is 13.7. The van der Waals surface area contributed by atoms with E-state index in [0.717, 1.165) is 22.0 Å². The standard InChI is InChI=1S/C18H12ClF2N5O3/c19-9-1-4-11(5-2-9)26-17(28)15-16(18(26)29)25(24-23-15)8-14(27)22-13-6-3-10(20)7-12(13)21/h1-7,15-16H,8H2,(H,22,27). The van der Waals surface area contributed by atoms with Crippen LogP contribution in [0.4, 0.5) is 20.2 Å². The van der Waals surface area contributed by atoms with Gasteiger partial charge in [-0.15, -0.1) is 0 Å². The number of carbonyl (C=O) groups is 3. The summed E-state index contributed by atoms with van der Waals surface area (Å²) < 4.78 is 26.7. The highest BCUT2D eigenvalue weighted by Gasteiger charge is 2.55. The van der Waals surface area contributed by atoms with Gasteiger partial charge in [-0.2, -0.15) is 5.11 Å². The Morgan fingerprint density at radius 1 is 1.10 bits per heavy atom. The fourth-order valence-electron chi connectivity index (χ4n) is 3.13. The average molecular weight is 420 g/mol. The molecular formula is C18H12ClF2N5O3. The average Bonchev–Trinajstić information content (AvgIpc) is 3.19. The first-order valence-corrected chi connectivity index (χ1v) is 8.78. The van der Waals surface area contributed by atoms with Crippen LogP contribution in [0.1, 0.15) is 0 Å². The largest absolute Gasteiger partial charge is 0.322 e. The van der Waals surface area contributed by atoms with E-state index in [9.17, 15) is 23.2 Å². The molecule has 0 radical (unpaired) electrons. The Labute approximate surface area is 167 Å². The van der Waals surface area contributed by atoms with Crippen molar-refractivity contribution in [1.29, 1.82) is 0 Å². The molecule has 1 fully saturated rings. The van der Waals surface area contributed by atoms with Gasteiger partial charge in [0.2, 0.25) is 5.91 Å². The van der Waals surface area contributed by atoms with E-state index in [2.05, 4.69) is 15.7 Å². The Bertz CT molecular complexity index is 1050. The lowest BCUT2D eigenvalue weighted by molar-refractivity contribution is -0.123. The summed E-state index contributed by atoms with van der Waals surface area (Å²) >= 11 is 5.83. The molecule has 0 saturated carbocycles. The predicted octanol–water partition coefficient (Wildman–Crippen LogP) is 2.55. The van der Waals surface area contributed by atoms with Crippen molar-refractivity contribution in [3.05, 3.63) is 59.1 Å². The molecule has 2 heterocycles. The van der Waals surface area contributed by atoms with Crippen molar-refractivity contribution in [2.24, 2.45) is 10.3 Å². The second kappa shape index (κ2) is 7.21. The predicted molar refractivity (Wildman–Crippen MR) is 98.1 cm³/mol. The molecule has 0 aromatic heterocycles. The highest BCUT2D eigenvalue weighted by molar-refractivity contribution is 6.31. The minimum absolute atomic E-state index is 0.222. The number of benzene rings is 2. The number of anilines is 2. The second-order valence-corrected chi connectivity index (χ2v) is 6.79. The number of halogens is 3. The van der Waals surface area contributed by atoms with E-state index in [0.29, 0.717) is 16.8 Å². The number of nitrogens with one attached hydrogen (secondary N) is 1. The number of amides is 3. The maximum Gasteiger partial charge on any atom is 0.263 e. The lowest BCUT2D eigenvalue weighted by Gasteiger charge is -2.20. The molecule has 2 aliphatic heterocycles. The summed E-state index contributed by atoms with van der Waals surface area (Å²) in [5.74, 6) is -3.60. The topological polar surface area (TPSA) is 94.4 Å². The van der Waals surface area contributed by atoms with Gasteiger partial charge in [0.05, 0.1) is 11.4 Å². The van der Waals surface area contributed by atoms with Gasteiger partial charge < -0.3 is 5.32 Å². The van der Waals surface area contributed by atoms with Gasteiger partial charge in [0.25, 0.3) is 11.8 Å². The zero-order chi connectivity index (χ0) is 20.7. The summed E-state index contributed by atoms with van der Waals surface area (Å²) in [6.07, 6.45) is 0. The summed E-state index contributed by atoms with van der Waals surface area (Å²) in [4.78, 5) is 38.6. The van der Waals surface area contributed by atoms with Gasteiger partial charge in [0.1, 0.15) is 18.2 Å². The van der Waals surface area contributed by atoms with E-state index < -0.39 is 48.0 Å². The van der Waals surface area contributed by atoms with Crippen LogP contribution in [-0.2, 0) is 14.4 Å². The number of carbonyl (C=O) groups excluding carboxylic acids is 3. The molecule has 0 aliphatic carbocycles. The summed E-state index contributed by atoms with van der Waals surface area (Å²) in [6.45, 7) is -0.449. The van der Waals surface area contributed by atoms with Crippen molar-refractivity contribution in [2.75, 3.05) is 16.8 Å². The van der Waals surface area contributed by atoms with E-state index in [4.69, 9.17) is 11.6 Å². The molecule has 8 nitrogen and oxygen atoms in total.